The summed E-state index contributed by atoms with van der Waals surface area (Å²) in [6.45, 7) is 7.76. The fraction of sp³-hybridized carbons (Fsp3) is 0.321. The summed E-state index contributed by atoms with van der Waals surface area (Å²) in [5, 5.41) is 5.67. The van der Waals surface area contributed by atoms with E-state index in [-0.39, 0.29) is 18.1 Å². The molecule has 3 heterocycles. The second kappa shape index (κ2) is 11.1. The number of carbonyl (C=O) groups is 1. The summed E-state index contributed by atoms with van der Waals surface area (Å²) in [6.07, 6.45) is 5.27. The van der Waals surface area contributed by atoms with Gasteiger partial charge in [-0.3, -0.25) is 4.79 Å². The highest BCUT2D eigenvalue weighted by molar-refractivity contribution is 8.18. The minimum atomic E-state index is -0.202. The van der Waals surface area contributed by atoms with E-state index >= 15 is 0 Å². The molecule has 36 heavy (non-hydrogen) atoms. The average Bonchev–Trinajstić information content (AvgIpc) is 3.47. The van der Waals surface area contributed by atoms with Crippen molar-refractivity contribution in [1.82, 2.24) is 14.7 Å². The summed E-state index contributed by atoms with van der Waals surface area (Å²) in [5.74, 6) is 0.897. The van der Waals surface area contributed by atoms with E-state index in [4.69, 9.17) is 9.84 Å². The number of aromatic nitrogens is 2. The number of amides is 1. The van der Waals surface area contributed by atoms with Crippen LogP contribution in [0.3, 0.4) is 0 Å². The zero-order valence-electron chi connectivity index (χ0n) is 20.8. The van der Waals surface area contributed by atoms with Gasteiger partial charge in [0.05, 0.1) is 28.5 Å². The lowest BCUT2D eigenvalue weighted by Gasteiger charge is -2.35. The molecule has 0 aliphatic carbocycles. The number of aliphatic imine (C=N–C) groups is 1. The molecule has 2 aromatic carbocycles. The van der Waals surface area contributed by atoms with Crippen LogP contribution in [-0.2, 0) is 9.53 Å². The molecule has 0 bridgehead atoms. The summed E-state index contributed by atoms with van der Waals surface area (Å²) in [6, 6.07) is 18.5. The molecule has 0 saturated carbocycles. The predicted molar refractivity (Wildman–Crippen MR) is 150 cm³/mol. The molecule has 0 N–H and O–H groups in total. The van der Waals surface area contributed by atoms with E-state index in [9.17, 15) is 4.79 Å². The maximum Gasteiger partial charge on any atom is 0.286 e. The van der Waals surface area contributed by atoms with Crippen molar-refractivity contribution in [3.63, 3.8) is 0 Å². The van der Waals surface area contributed by atoms with Crippen molar-refractivity contribution in [3.8, 4) is 16.9 Å². The topological polar surface area (TPSA) is 59.7 Å². The van der Waals surface area contributed by atoms with Crippen LogP contribution in [0.5, 0.6) is 0 Å². The van der Waals surface area contributed by atoms with Crippen molar-refractivity contribution in [1.29, 1.82) is 0 Å². The Balaban J connectivity index is 1.46. The van der Waals surface area contributed by atoms with Gasteiger partial charge in [-0.05, 0) is 68.1 Å². The lowest BCUT2D eigenvalue weighted by molar-refractivity contribution is -0.113. The van der Waals surface area contributed by atoms with Gasteiger partial charge in [-0.1, -0.05) is 37.3 Å². The van der Waals surface area contributed by atoms with Crippen molar-refractivity contribution in [2.75, 3.05) is 18.8 Å². The van der Waals surface area contributed by atoms with Gasteiger partial charge in [0, 0.05) is 35.3 Å². The standard InChI is InChI=1S/C28H30N4O2S2/c1-4-14-35-24-12-10-21(11-13-24)26-22(18-32(30-26)23-8-6-5-7-9-23)15-25-27(33)29-28(36-25)31-16-19(2)34-20(3)17-31/h5-13,15,18-20H,4,14,16-17H2,1-3H3. The van der Waals surface area contributed by atoms with Gasteiger partial charge in [0.1, 0.15) is 0 Å². The van der Waals surface area contributed by atoms with Crippen LogP contribution >= 0.6 is 23.5 Å². The third-order valence-corrected chi connectivity index (χ3v) is 8.21. The highest BCUT2D eigenvalue weighted by Crippen LogP contribution is 2.34. The molecule has 8 heteroatoms. The Labute approximate surface area is 220 Å². The van der Waals surface area contributed by atoms with Crippen LogP contribution in [0.2, 0.25) is 0 Å². The van der Waals surface area contributed by atoms with E-state index in [1.165, 1.54) is 16.7 Å². The van der Waals surface area contributed by atoms with E-state index in [1.807, 2.05) is 59.0 Å². The fourth-order valence-corrected chi connectivity index (χ4v) is 6.06. The number of para-hydroxylation sites is 1. The van der Waals surface area contributed by atoms with Gasteiger partial charge in [0.25, 0.3) is 5.91 Å². The largest absolute Gasteiger partial charge is 0.372 e. The van der Waals surface area contributed by atoms with Crippen LogP contribution in [-0.4, -0.2) is 56.8 Å². The quantitative estimate of drug-likeness (QED) is 0.289. The molecule has 0 spiro atoms. The molecule has 3 aromatic rings. The summed E-state index contributed by atoms with van der Waals surface area (Å²) < 4.78 is 7.72. The van der Waals surface area contributed by atoms with Gasteiger partial charge in [0.2, 0.25) is 0 Å². The minimum absolute atomic E-state index is 0.106. The number of hydrogen-bond donors (Lipinski definition) is 0. The van der Waals surface area contributed by atoms with E-state index in [0.717, 1.165) is 52.9 Å². The van der Waals surface area contributed by atoms with Crippen LogP contribution in [0, 0.1) is 0 Å². The first kappa shape index (κ1) is 24.9. The third-order valence-electron chi connectivity index (χ3n) is 5.95. The first-order valence-corrected chi connectivity index (χ1v) is 14.1. The zero-order valence-corrected chi connectivity index (χ0v) is 22.4. The molecule has 1 aromatic heterocycles. The van der Waals surface area contributed by atoms with E-state index in [1.54, 1.807) is 0 Å². The first-order chi connectivity index (χ1) is 17.5. The maximum atomic E-state index is 12.9. The average molecular weight is 519 g/mol. The fourth-order valence-electron chi connectivity index (χ4n) is 4.37. The Hall–Kier alpha value is -2.81. The molecular weight excluding hydrogens is 488 g/mol. The Morgan fingerprint density at radius 2 is 1.81 bits per heavy atom. The molecule has 1 amide bonds. The van der Waals surface area contributed by atoms with Crippen molar-refractivity contribution >= 4 is 40.7 Å². The van der Waals surface area contributed by atoms with Crippen LogP contribution in [0.4, 0.5) is 0 Å². The highest BCUT2D eigenvalue weighted by Gasteiger charge is 2.31. The SMILES string of the molecule is CCCSc1ccc(-c2nn(-c3ccccc3)cc2C=C2SC(N3CC(C)OC(C)C3)=NC2=O)cc1. The van der Waals surface area contributed by atoms with Gasteiger partial charge in [-0.25, -0.2) is 4.68 Å². The molecule has 186 valence electrons. The number of thioether (sulfide) groups is 2. The number of nitrogens with zero attached hydrogens (tertiary/aromatic N) is 4. The third kappa shape index (κ3) is 5.61. The number of amidine groups is 1. The molecule has 1 saturated heterocycles. The van der Waals surface area contributed by atoms with Gasteiger partial charge in [-0.15, -0.1) is 11.8 Å². The Morgan fingerprint density at radius 1 is 1.08 bits per heavy atom. The Kier molecular flexibility index (Phi) is 7.65. The number of ether oxygens (including phenoxy) is 1. The molecule has 2 atom stereocenters. The molecule has 1 fully saturated rings. The molecule has 6 nitrogen and oxygen atoms in total. The second-order valence-corrected chi connectivity index (χ2v) is 11.2. The molecule has 2 unspecified atom stereocenters. The van der Waals surface area contributed by atoms with Crippen LogP contribution in [0.1, 0.15) is 32.8 Å². The number of benzene rings is 2. The zero-order chi connectivity index (χ0) is 25.1. The maximum absolute atomic E-state index is 12.9. The van der Waals surface area contributed by atoms with E-state index in [0.29, 0.717) is 4.91 Å². The molecular formula is C28H30N4O2S2. The highest BCUT2D eigenvalue weighted by atomic mass is 32.2. The Bertz CT molecular complexity index is 1270. The minimum Gasteiger partial charge on any atom is -0.372 e. The molecule has 0 radical (unpaired) electrons. The number of carbonyl (C=O) groups excluding carboxylic acids is 1. The summed E-state index contributed by atoms with van der Waals surface area (Å²) in [5.41, 5.74) is 3.72. The van der Waals surface area contributed by atoms with Crippen molar-refractivity contribution in [3.05, 3.63) is 71.3 Å². The smallest absolute Gasteiger partial charge is 0.286 e. The second-order valence-electron chi connectivity index (χ2n) is 9.06. The molecule has 2 aliphatic heterocycles. The monoisotopic (exact) mass is 518 g/mol. The molecule has 2 aliphatic rings. The first-order valence-electron chi connectivity index (χ1n) is 12.3. The number of morpholine rings is 1. The van der Waals surface area contributed by atoms with Gasteiger partial charge >= 0.3 is 0 Å². The molecule has 5 rings (SSSR count). The van der Waals surface area contributed by atoms with Gasteiger partial charge in [0.15, 0.2) is 5.17 Å². The lowest BCUT2D eigenvalue weighted by atomic mass is 10.1. The van der Waals surface area contributed by atoms with E-state index < -0.39 is 0 Å². The van der Waals surface area contributed by atoms with Crippen LogP contribution in [0.25, 0.3) is 23.0 Å². The number of hydrogen-bond acceptors (Lipinski definition) is 6. The number of rotatable bonds is 6. The summed E-state index contributed by atoms with van der Waals surface area (Å²) in [7, 11) is 0. The van der Waals surface area contributed by atoms with Crippen LogP contribution in [0.15, 0.2) is 75.6 Å². The van der Waals surface area contributed by atoms with Gasteiger partial charge < -0.3 is 9.64 Å². The van der Waals surface area contributed by atoms with Crippen LogP contribution < -0.4 is 0 Å². The summed E-state index contributed by atoms with van der Waals surface area (Å²) >= 11 is 3.29. The van der Waals surface area contributed by atoms with Crippen molar-refractivity contribution in [2.45, 2.75) is 44.3 Å². The van der Waals surface area contributed by atoms with E-state index in [2.05, 4.69) is 54.9 Å². The predicted octanol–water partition coefficient (Wildman–Crippen LogP) is 6.12. The normalized spacial score (nSPS) is 21.3. The van der Waals surface area contributed by atoms with Crippen molar-refractivity contribution in [2.24, 2.45) is 4.99 Å². The van der Waals surface area contributed by atoms with Crippen molar-refractivity contribution < 1.29 is 9.53 Å². The Morgan fingerprint density at radius 3 is 2.50 bits per heavy atom. The van der Waals surface area contributed by atoms with Gasteiger partial charge in [-0.2, -0.15) is 10.1 Å². The summed E-state index contributed by atoms with van der Waals surface area (Å²) in [4.78, 5) is 21.3. The lowest BCUT2D eigenvalue weighted by Crippen LogP contribution is -2.47.